The molecule has 0 amide bonds. The summed E-state index contributed by atoms with van der Waals surface area (Å²) in [7, 11) is 0. The Kier molecular flexibility index (Phi) is 4.37. The maximum absolute atomic E-state index is 10.8. The second kappa shape index (κ2) is 6.05. The van der Waals surface area contributed by atoms with Crippen molar-refractivity contribution in [2.24, 2.45) is 0 Å². The highest BCUT2D eigenvalue weighted by atomic mass is 79.9. The monoisotopic (exact) mass is 351 g/mol. The maximum atomic E-state index is 10.8. The summed E-state index contributed by atoms with van der Waals surface area (Å²) in [5.74, 6) is -1.33. The number of nitrogens with one attached hydrogen (secondary N) is 1. The molecule has 0 bridgehead atoms. The van der Waals surface area contributed by atoms with Gasteiger partial charge in [0.2, 0.25) is 0 Å². The topological polar surface area (TPSA) is 89.8 Å². The van der Waals surface area contributed by atoms with E-state index in [1.807, 2.05) is 6.92 Å². The molecule has 1 unspecified atom stereocenters. The smallest absolute Gasteiger partial charge is 0.339 e. The molecular formula is C15H14BrNO4. The predicted octanol–water partition coefficient (Wildman–Crippen LogP) is 3.73. The summed E-state index contributed by atoms with van der Waals surface area (Å²) in [4.78, 5) is 10.8. The highest BCUT2D eigenvalue weighted by Gasteiger charge is 2.13. The molecule has 1 atom stereocenters. The van der Waals surface area contributed by atoms with E-state index in [1.54, 1.807) is 24.3 Å². The zero-order chi connectivity index (χ0) is 15.6. The summed E-state index contributed by atoms with van der Waals surface area (Å²) in [6, 6.07) is 9.12. The van der Waals surface area contributed by atoms with Crippen LogP contribution in [0.1, 0.15) is 28.9 Å². The molecule has 0 fully saturated rings. The van der Waals surface area contributed by atoms with Gasteiger partial charge in [-0.05, 0) is 37.3 Å². The van der Waals surface area contributed by atoms with Gasteiger partial charge in [0.15, 0.2) is 0 Å². The van der Waals surface area contributed by atoms with Gasteiger partial charge in [0.1, 0.15) is 17.1 Å². The van der Waals surface area contributed by atoms with Crippen LogP contribution in [0.5, 0.6) is 11.5 Å². The number of carboxylic acid groups (broad SMARTS) is 1. The van der Waals surface area contributed by atoms with Crippen LogP contribution in [-0.2, 0) is 0 Å². The van der Waals surface area contributed by atoms with Crippen LogP contribution in [0.2, 0.25) is 0 Å². The number of aromatic hydroxyl groups is 2. The number of hydrogen-bond donors (Lipinski definition) is 4. The van der Waals surface area contributed by atoms with Gasteiger partial charge in [0.05, 0.1) is 6.04 Å². The number of hydrogen-bond acceptors (Lipinski definition) is 4. The third-order valence-corrected chi connectivity index (χ3v) is 3.56. The Labute approximate surface area is 130 Å². The van der Waals surface area contributed by atoms with Crippen molar-refractivity contribution in [2.75, 3.05) is 5.32 Å². The minimum absolute atomic E-state index is 0.154. The molecule has 110 valence electrons. The van der Waals surface area contributed by atoms with Gasteiger partial charge >= 0.3 is 5.97 Å². The van der Waals surface area contributed by atoms with Crippen molar-refractivity contribution in [1.29, 1.82) is 0 Å². The average molecular weight is 352 g/mol. The zero-order valence-electron chi connectivity index (χ0n) is 11.2. The summed E-state index contributed by atoms with van der Waals surface area (Å²) < 4.78 is 0.841. The lowest BCUT2D eigenvalue weighted by Crippen LogP contribution is -2.07. The first-order valence-corrected chi connectivity index (χ1v) is 6.99. The van der Waals surface area contributed by atoms with E-state index < -0.39 is 5.97 Å². The van der Waals surface area contributed by atoms with Gasteiger partial charge in [-0.1, -0.05) is 15.9 Å². The van der Waals surface area contributed by atoms with Crippen molar-refractivity contribution in [3.63, 3.8) is 0 Å². The molecule has 6 heteroatoms. The normalized spacial score (nSPS) is 11.9. The lowest BCUT2D eigenvalue weighted by molar-refractivity contribution is 0.0694. The first kappa shape index (κ1) is 15.2. The van der Waals surface area contributed by atoms with Crippen molar-refractivity contribution in [1.82, 2.24) is 0 Å². The molecule has 0 aliphatic rings. The Hall–Kier alpha value is -2.21. The molecule has 2 aromatic carbocycles. The minimum atomic E-state index is -1.18. The zero-order valence-corrected chi connectivity index (χ0v) is 12.8. The number of benzene rings is 2. The summed E-state index contributed by atoms with van der Waals surface area (Å²) in [6.07, 6.45) is 0. The largest absolute Gasteiger partial charge is 0.508 e. The molecule has 0 aliphatic heterocycles. The molecule has 0 heterocycles. The van der Waals surface area contributed by atoms with E-state index in [-0.39, 0.29) is 23.1 Å². The quantitative estimate of drug-likeness (QED) is 0.673. The molecule has 0 saturated carbocycles. The number of carboxylic acids is 1. The molecule has 0 aliphatic carbocycles. The Morgan fingerprint density at radius 2 is 1.86 bits per heavy atom. The van der Waals surface area contributed by atoms with Gasteiger partial charge in [-0.15, -0.1) is 0 Å². The third kappa shape index (κ3) is 3.46. The van der Waals surface area contributed by atoms with Crippen LogP contribution in [0.4, 0.5) is 5.69 Å². The standard InChI is InChI=1S/C15H14BrNO4/c1-8(12-6-9(16)2-5-13(12)18)17-10-3-4-11(15(20)21)14(19)7-10/h2-8,17-19H,1H3,(H,20,21). The molecule has 4 N–H and O–H groups in total. The summed E-state index contributed by atoms with van der Waals surface area (Å²) in [5.41, 5.74) is 1.09. The van der Waals surface area contributed by atoms with Crippen LogP contribution in [0, 0.1) is 0 Å². The van der Waals surface area contributed by atoms with Crippen LogP contribution in [-0.4, -0.2) is 21.3 Å². The second-order valence-electron chi connectivity index (χ2n) is 4.61. The third-order valence-electron chi connectivity index (χ3n) is 3.07. The molecule has 5 nitrogen and oxygen atoms in total. The predicted molar refractivity (Wildman–Crippen MR) is 82.9 cm³/mol. The minimum Gasteiger partial charge on any atom is -0.508 e. The molecular weight excluding hydrogens is 338 g/mol. The molecule has 21 heavy (non-hydrogen) atoms. The molecule has 0 aromatic heterocycles. The van der Waals surface area contributed by atoms with Crippen molar-refractivity contribution in [3.05, 3.63) is 52.0 Å². The maximum Gasteiger partial charge on any atom is 0.339 e. The van der Waals surface area contributed by atoms with E-state index in [0.717, 1.165) is 4.47 Å². The average Bonchev–Trinajstić information content (AvgIpc) is 2.41. The molecule has 0 radical (unpaired) electrons. The van der Waals surface area contributed by atoms with E-state index in [0.29, 0.717) is 11.3 Å². The van der Waals surface area contributed by atoms with Crippen molar-refractivity contribution in [3.8, 4) is 11.5 Å². The molecule has 2 rings (SSSR count). The number of carbonyl (C=O) groups is 1. The van der Waals surface area contributed by atoms with E-state index in [9.17, 15) is 15.0 Å². The van der Waals surface area contributed by atoms with Gasteiger partial charge in [-0.2, -0.15) is 0 Å². The van der Waals surface area contributed by atoms with Gasteiger partial charge < -0.3 is 20.6 Å². The first-order chi connectivity index (χ1) is 9.88. The van der Waals surface area contributed by atoms with Gasteiger partial charge in [0, 0.05) is 21.8 Å². The molecule has 0 spiro atoms. The van der Waals surface area contributed by atoms with E-state index in [4.69, 9.17) is 5.11 Å². The van der Waals surface area contributed by atoms with Crippen LogP contribution >= 0.6 is 15.9 Å². The molecule has 0 saturated heterocycles. The second-order valence-corrected chi connectivity index (χ2v) is 5.52. The van der Waals surface area contributed by atoms with E-state index in [1.165, 1.54) is 12.1 Å². The van der Waals surface area contributed by atoms with Gasteiger partial charge in [0.25, 0.3) is 0 Å². The van der Waals surface area contributed by atoms with Crippen LogP contribution in [0.25, 0.3) is 0 Å². The van der Waals surface area contributed by atoms with Gasteiger partial charge in [-0.3, -0.25) is 0 Å². The lowest BCUT2D eigenvalue weighted by atomic mass is 10.1. The Bertz CT molecular complexity index is 687. The first-order valence-electron chi connectivity index (χ1n) is 6.19. The fraction of sp³-hybridized carbons (Fsp3) is 0.133. The Morgan fingerprint density at radius 1 is 1.14 bits per heavy atom. The van der Waals surface area contributed by atoms with E-state index >= 15 is 0 Å². The van der Waals surface area contributed by atoms with Crippen molar-refractivity contribution in [2.45, 2.75) is 13.0 Å². The highest BCUT2D eigenvalue weighted by molar-refractivity contribution is 9.10. The van der Waals surface area contributed by atoms with Crippen molar-refractivity contribution >= 4 is 27.6 Å². The summed E-state index contributed by atoms with van der Waals surface area (Å²) >= 11 is 3.34. The van der Waals surface area contributed by atoms with Crippen LogP contribution in [0.3, 0.4) is 0 Å². The lowest BCUT2D eigenvalue weighted by Gasteiger charge is -2.17. The fourth-order valence-corrected chi connectivity index (χ4v) is 2.38. The highest BCUT2D eigenvalue weighted by Crippen LogP contribution is 2.31. The SMILES string of the molecule is CC(Nc1ccc(C(=O)O)c(O)c1)c1cc(Br)ccc1O. The van der Waals surface area contributed by atoms with Gasteiger partial charge in [-0.25, -0.2) is 4.79 Å². The number of anilines is 1. The van der Waals surface area contributed by atoms with Crippen LogP contribution < -0.4 is 5.32 Å². The summed E-state index contributed by atoms with van der Waals surface area (Å²) in [6.45, 7) is 1.85. The molecule has 2 aromatic rings. The van der Waals surface area contributed by atoms with E-state index in [2.05, 4.69) is 21.2 Å². The Balaban J connectivity index is 2.23. The fourth-order valence-electron chi connectivity index (χ4n) is 2.00. The summed E-state index contributed by atoms with van der Waals surface area (Å²) in [5, 5.41) is 31.5. The van der Waals surface area contributed by atoms with Crippen LogP contribution in [0.15, 0.2) is 40.9 Å². The Morgan fingerprint density at radius 3 is 2.48 bits per heavy atom. The number of rotatable bonds is 4. The number of aromatic carboxylic acids is 1. The van der Waals surface area contributed by atoms with Crippen molar-refractivity contribution < 1.29 is 20.1 Å². The number of halogens is 1. The number of phenols is 2. The number of phenolic OH excluding ortho intramolecular Hbond substituents is 1.